The molecule has 98 valence electrons. The van der Waals surface area contributed by atoms with Gasteiger partial charge >= 0.3 is 0 Å². The predicted octanol–water partition coefficient (Wildman–Crippen LogP) is 3.59. The minimum absolute atomic E-state index is 0. The third-order valence-electron chi connectivity index (χ3n) is 2.80. The summed E-state index contributed by atoms with van der Waals surface area (Å²) in [6.45, 7) is 4.19. The second-order valence-electron chi connectivity index (χ2n) is 4.12. The molecule has 0 spiro atoms. The van der Waals surface area contributed by atoms with Crippen molar-refractivity contribution in [3.8, 4) is 0 Å². The molecule has 2 nitrogen and oxygen atoms in total. The molecule has 1 aromatic heterocycles. The number of aromatic nitrogens is 1. The van der Waals surface area contributed by atoms with Gasteiger partial charge in [0, 0.05) is 12.4 Å². The van der Waals surface area contributed by atoms with Crippen molar-refractivity contribution in [2.24, 2.45) is 5.73 Å². The van der Waals surface area contributed by atoms with Gasteiger partial charge in [0.15, 0.2) is 0 Å². The van der Waals surface area contributed by atoms with Crippen LogP contribution in [0, 0.1) is 13.8 Å². The first-order valence-electron chi connectivity index (χ1n) is 5.41. The Bertz CT molecular complexity index is 486. The molecule has 0 fully saturated rings. The van der Waals surface area contributed by atoms with Crippen molar-refractivity contribution >= 4 is 24.8 Å². The highest BCUT2D eigenvalue weighted by Gasteiger charge is 2.10. The molecule has 1 unspecified atom stereocenters. The first-order chi connectivity index (χ1) is 7.68. The van der Waals surface area contributed by atoms with Crippen molar-refractivity contribution in [2.45, 2.75) is 19.9 Å². The van der Waals surface area contributed by atoms with E-state index in [1.807, 2.05) is 18.3 Å². The Morgan fingerprint density at radius 1 is 1.11 bits per heavy atom. The van der Waals surface area contributed by atoms with Gasteiger partial charge in [-0.05, 0) is 36.6 Å². The van der Waals surface area contributed by atoms with Crippen LogP contribution >= 0.6 is 24.8 Å². The van der Waals surface area contributed by atoms with Crippen LogP contribution in [0.3, 0.4) is 0 Å². The predicted molar refractivity (Wildman–Crippen MR) is 80.7 cm³/mol. The summed E-state index contributed by atoms with van der Waals surface area (Å²) in [5.41, 5.74) is 10.9. The first kappa shape index (κ1) is 16.9. The number of nitrogens with zero attached hydrogens (tertiary/aromatic N) is 1. The number of hydrogen-bond donors (Lipinski definition) is 1. The number of rotatable bonds is 2. The molecule has 0 radical (unpaired) electrons. The Labute approximate surface area is 120 Å². The fourth-order valence-electron chi connectivity index (χ4n) is 1.91. The lowest BCUT2D eigenvalue weighted by molar-refractivity contribution is 0.853. The van der Waals surface area contributed by atoms with Crippen LogP contribution in [0.4, 0.5) is 0 Å². The molecule has 2 rings (SSSR count). The maximum atomic E-state index is 6.23. The van der Waals surface area contributed by atoms with Crippen molar-refractivity contribution < 1.29 is 0 Å². The summed E-state index contributed by atoms with van der Waals surface area (Å²) in [7, 11) is 0. The zero-order valence-electron chi connectivity index (χ0n) is 10.5. The summed E-state index contributed by atoms with van der Waals surface area (Å²) in [5.74, 6) is 0. The van der Waals surface area contributed by atoms with E-state index in [-0.39, 0.29) is 30.9 Å². The van der Waals surface area contributed by atoms with Crippen LogP contribution in [0.15, 0.2) is 42.7 Å². The number of pyridine rings is 1. The van der Waals surface area contributed by atoms with E-state index in [9.17, 15) is 0 Å². The molecule has 2 N–H and O–H groups in total. The SMILES string of the molecule is Cc1ccc(C(N)c2cccnc2)c(C)c1.Cl.Cl. The molecule has 0 aliphatic heterocycles. The Hall–Kier alpha value is -1.09. The Balaban J connectivity index is 0.00000144. The van der Waals surface area contributed by atoms with Gasteiger partial charge in [-0.15, -0.1) is 24.8 Å². The fraction of sp³-hybridized carbons (Fsp3) is 0.214. The average Bonchev–Trinajstić information content (AvgIpc) is 2.29. The van der Waals surface area contributed by atoms with Crippen molar-refractivity contribution in [2.75, 3.05) is 0 Å². The average molecular weight is 285 g/mol. The second-order valence-corrected chi connectivity index (χ2v) is 4.12. The maximum absolute atomic E-state index is 6.23. The van der Waals surface area contributed by atoms with Crippen LogP contribution in [-0.2, 0) is 0 Å². The van der Waals surface area contributed by atoms with Crippen LogP contribution in [0.1, 0.15) is 28.3 Å². The van der Waals surface area contributed by atoms with Gasteiger partial charge in [-0.25, -0.2) is 0 Å². The summed E-state index contributed by atoms with van der Waals surface area (Å²) in [6.07, 6.45) is 3.59. The third kappa shape index (κ3) is 3.70. The van der Waals surface area contributed by atoms with E-state index in [1.54, 1.807) is 6.20 Å². The number of aryl methyl sites for hydroxylation is 2. The van der Waals surface area contributed by atoms with Crippen LogP contribution in [0.5, 0.6) is 0 Å². The van der Waals surface area contributed by atoms with E-state index in [2.05, 4.69) is 37.0 Å². The molecule has 0 aliphatic carbocycles. The van der Waals surface area contributed by atoms with Crippen molar-refractivity contribution in [1.29, 1.82) is 0 Å². The molecule has 1 atom stereocenters. The van der Waals surface area contributed by atoms with Gasteiger partial charge in [0.05, 0.1) is 6.04 Å². The van der Waals surface area contributed by atoms with E-state index >= 15 is 0 Å². The van der Waals surface area contributed by atoms with Crippen LogP contribution in [0.2, 0.25) is 0 Å². The van der Waals surface area contributed by atoms with Crippen LogP contribution in [-0.4, -0.2) is 4.98 Å². The molecule has 0 aliphatic rings. The number of benzene rings is 1. The quantitative estimate of drug-likeness (QED) is 0.915. The molecule has 4 heteroatoms. The molecule has 1 heterocycles. The van der Waals surface area contributed by atoms with E-state index in [0.717, 1.165) is 5.56 Å². The van der Waals surface area contributed by atoms with Gasteiger partial charge in [-0.3, -0.25) is 4.98 Å². The Morgan fingerprint density at radius 2 is 1.83 bits per heavy atom. The molecule has 2 aromatic rings. The summed E-state index contributed by atoms with van der Waals surface area (Å²) >= 11 is 0. The molecule has 18 heavy (non-hydrogen) atoms. The minimum Gasteiger partial charge on any atom is -0.320 e. The van der Waals surface area contributed by atoms with E-state index in [0.29, 0.717) is 0 Å². The topological polar surface area (TPSA) is 38.9 Å². The van der Waals surface area contributed by atoms with Crippen LogP contribution in [0.25, 0.3) is 0 Å². The van der Waals surface area contributed by atoms with Gasteiger partial charge in [0.25, 0.3) is 0 Å². The second kappa shape index (κ2) is 7.37. The zero-order valence-corrected chi connectivity index (χ0v) is 12.1. The number of nitrogens with two attached hydrogens (primary N) is 1. The number of hydrogen-bond acceptors (Lipinski definition) is 2. The largest absolute Gasteiger partial charge is 0.320 e. The molecule has 0 bridgehead atoms. The highest BCUT2D eigenvalue weighted by molar-refractivity contribution is 5.85. The lowest BCUT2D eigenvalue weighted by Crippen LogP contribution is -2.13. The lowest BCUT2D eigenvalue weighted by Gasteiger charge is -2.15. The molecule has 0 saturated carbocycles. The standard InChI is InChI=1S/C14H16N2.2ClH/c1-10-5-6-13(11(2)8-10)14(15)12-4-3-7-16-9-12;;/h3-9,14H,15H2,1-2H3;2*1H. The Morgan fingerprint density at radius 3 is 2.39 bits per heavy atom. The summed E-state index contributed by atoms with van der Waals surface area (Å²) < 4.78 is 0. The summed E-state index contributed by atoms with van der Waals surface area (Å²) in [4.78, 5) is 4.10. The molecular formula is C14H18Cl2N2. The van der Waals surface area contributed by atoms with Gasteiger partial charge in [-0.1, -0.05) is 29.8 Å². The van der Waals surface area contributed by atoms with Crippen molar-refractivity contribution in [1.82, 2.24) is 4.98 Å². The van der Waals surface area contributed by atoms with E-state index in [4.69, 9.17) is 5.73 Å². The molecule has 0 amide bonds. The van der Waals surface area contributed by atoms with Crippen LogP contribution < -0.4 is 5.73 Å². The van der Waals surface area contributed by atoms with Crippen molar-refractivity contribution in [3.63, 3.8) is 0 Å². The molecule has 0 saturated heterocycles. The van der Waals surface area contributed by atoms with E-state index in [1.165, 1.54) is 16.7 Å². The summed E-state index contributed by atoms with van der Waals surface area (Å²) in [5, 5.41) is 0. The maximum Gasteiger partial charge on any atom is 0.0569 e. The fourth-order valence-corrected chi connectivity index (χ4v) is 1.91. The number of halogens is 2. The molecule has 1 aromatic carbocycles. The highest BCUT2D eigenvalue weighted by atomic mass is 35.5. The summed E-state index contributed by atoms with van der Waals surface area (Å²) in [6, 6.07) is 10.2. The first-order valence-corrected chi connectivity index (χ1v) is 5.41. The Kier molecular flexibility index (Phi) is 6.92. The minimum atomic E-state index is -0.0886. The smallest absolute Gasteiger partial charge is 0.0569 e. The normalized spacial score (nSPS) is 11.1. The lowest BCUT2D eigenvalue weighted by atomic mass is 9.95. The monoisotopic (exact) mass is 284 g/mol. The van der Waals surface area contributed by atoms with Gasteiger partial charge in [0.2, 0.25) is 0 Å². The van der Waals surface area contributed by atoms with Gasteiger partial charge < -0.3 is 5.73 Å². The van der Waals surface area contributed by atoms with Crippen molar-refractivity contribution in [3.05, 3.63) is 65.0 Å². The third-order valence-corrected chi connectivity index (χ3v) is 2.80. The molecular weight excluding hydrogens is 267 g/mol. The van der Waals surface area contributed by atoms with E-state index < -0.39 is 0 Å². The van der Waals surface area contributed by atoms with Gasteiger partial charge in [0.1, 0.15) is 0 Å². The van der Waals surface area contributed by atoms with Gasteiger partial charge in [-0.2, -0.15) is 0 Å². The highest BCUT2D eigenvalue weighted by Crippen LogP contribution is 2.22. The zero-order chi connectivity index (χ0) is 11.5.